The standard InChI is InChI=1S/C12H15N2O2/c15-14-9-12(5-7-13-8-6-12)16-11-4-2-1-3-10(11)14/h1-4,13H,5-9H2/q-1. The van der Waals surface area contributed by atoms with Crippen LogP contribution in [0.1, 0.15) is 12.8 Å². The molecule has 1 aromatic carbocycles. The van der Waals surface area contributed by atoms with Crippen LogP contribution in [0.25, 0.3) is 0 Å². The van der Waals surface area contributed by atoms with E-state index in [1.165, 1.54) is 0 Å². The second-order valence-corrected chi connectivity index (χ2v) is 4.54. The molecular weight excluding hydrogens is 204 g/mol. The zero-order valence-corrected chi connectivity index (χ0v) is 9.11. The third kappa shape index (κ3) is 1.54. The molecule has 2 aliphatic rings. The molecule has 4 heteroatoms. The summed E-state index contributed by atoms with van der Waals surface area (Å²) in [7, 11) is 0. The number of nitrogens with zero attached hydrogens (tertiary/aromatic N) is 1. The molecule has 2 heterocycles. The highest BCUT2D eigenvalue weighted by molar-refractivity contribution is 5.61. The van der Waals surface area contributed by atoms with Gasteiger partial charge in [0.25, 0.3) is 0 Å². The quantitative estimate of drug-likeness (QED) is 0.718. The molecule has 0 amide bonds. The molecule has 0 bridgehead atoms. The Labute approximate surface area is 94.8 Å². The second-order valence-electron chi connectivity index (χ2n) is 4.54. The summed E-state index contributed by atoms with van der Waals surface area (Å²) in [5, 5.41) is 16.3. The smallest absolute Gasteiger partial charge is 0.142 e. The Morgan fingerprint density at radius 1 is 1.25 bits per heavy atom. The summed E-state index contributed by atoms with van der Waals surface area (Å²) in [6.07, 6.45) is 1.81. The Morgan fingerprint density at radius 3 is 2.81 bits per heavy atom. The van der Waals surface area contributed by atoms with Crippen LogP contribution in [-0.2, 0) is 0 Å². The summed E-state index contributed by atoms with van der Waals surface area (Å²) in [6, 6.07) is 7.47. The number of hydrogen-bond donors (Lipinski definition) is 1. The number of rotatable bonds is 0. The van der Waals surface area contributed by atoms with Gasteiger partial charge in [-0.15, -0.1) is 0 Å². The van der Waals surface area contributed by atoms with Crippen molar-refractivity contribution in [3.8, 4) is 5.75 Å². The first-order valence-electron chi connectivity index (χ1n) is 5.73. The lowest BCUT2D eigenvalue weighted by Crippen LogP contribution is -2.54. The van der Waals surface area contributed by atoms with Gasteiger partial charge in [-0.3, -0.25) is 0 Å². The second kappa shape index (κ2) is 3.64. The average Bonchev–Trinajstić information content (AvgIpc) is 2.30. The van der Waals surface area contributed by atoms with Crippen molar-refractivity contribution in [2.45, 2.75) is 18.4 Å². The zero-order chi connectivity index (χ0) is 11.0. The number of hydroxylamine groups is 1. The van der Waals surface area contributed by atoms with Crippen LogP contribution in [0.2, 0.25) is 0 Å². The highest BCUT2D eigenvalue weighted by Crippen LogP contribution is 2.39. The molecule has 1 N–H and O–H groups in total. The van der Waals surface area contributed by atoms with Gasteiger partial charge in [0.2, 0.25) is 0 Å². The average molecular weight is 219 g/mol. The van der Waals surface area contributed by atoms with Crippen molar-refractivity contribution in [3.05, 3.63) is 29.5 Å². The highest BCUT2D eigenvalue weighted by Gasteiger charge is 2.38. The van der Waals surface area contributed by atoms with E-state index in [1.54, 1.807) is 0 Å². The summed E-state index contributed by atoms with van der Waals surface area (Å²) < 4.78 is 6.05. The van der Waals surface area contributed by atoms with Gasteiger partial charge >= 0.3 is 0 Å². The van der Waals surface area contributed by atoms with E-state index in [9.17, 15) is 5.21 Å². The fraction of sp³-hybridized carbons (Fsp3) is 0.500. The van der Waals surface area contributed by atoms with Crippen LogP contribution < -0.4 is 15.1 Å². The van der Waals surface area contributed by atoms with E-state index >= 15 is 0 Å². The molecule has 0 atom stereocenters. The molecule has 0 saturated carbocycles. The molecule has 86 valence electrons. The van der Waals surface area contributed by atoms with Crippen LogP contribution in [0.3, 0.4) is 0 Å². The predicted molar refractivity (Wildman–Crippen MR) is 62.6 cm³/mol. The SMILES string of the molecule is [O-]N1CC2(CCNCC2)Oc2ccccc21. The number of hydrogen-bond acceptors (Lipinski definition) is 4. The minimum absolute atomic E-state index is 0.276. The Hall–Kier alpha value is -1.26. The minimum Gasteiger partial charge on any atom is -0.758 e. The first-order chi connectivity index (χ1) is 7.79. The first-order valence-corrected chi connectivity index (χ1v) is 5.73. The third-order valence-corrected chi connectivity index (χ3v) is 3.41. The summed E-state index contributed by atoms with van der Waals surface area (Å²) in [5.41, 5.74) is 0.383. The fourth-order valence-electron chi connectivity index (χ4n) is 2.50. The molecule has 3 rings (SSSR count). The summed E-state index contributed by atoms with van der Waals surface area (Å²) in [4.78, 5) is 0. The van der Waals surface area contributed by atoms with E-state index in [0.717, 1.165) is 36.7 Å². The Morgan fingerprint density at radius 2 is 2.00 bits per heavy atom. The molecule has 0 unspecified atom stereocenters. The number of ether oxygens (including phenoxy) is 1. The van der Waals surface area contributed by atoms with Crippen molar-refractivity contribution >= 4 is 5.69 Å². The molecule has 1 saturated heterocycles. The van der Waals surface area contributed by atoms with Gasteiger partial charge < -0.3 is 20.3 Å². The molecule has 0 aliphatic carbocycles. The molecule has 0 radical (unpaired) electrons. The van der Waals surface area contributed by atoms with Crippen molar-refractivity contribution in [1.82, 2.24) is 5.32 Å². The molecule has 1 aromatic rings. The van der Waals surface area contributed by atoms with Crippen molar-refractivity contribution in [3.63, 3.8) is 0 Å². The predicted octanol–water partition coefficient (Wildman–Crippen LogP) is 1.51. The number of piperidine rings is 1. The summed E-state index contributed by atoms with van der Waals surface area (Å²) in [5.74, 6) is 0.727. The lowest BCUT2D eigenvalue weighted by atomic mass is 9.90. The van der Waals surface area contributed by atoms with Crippen molar-refractivity contribution in [2.75, 3.05) is 24.7 Å². The van der Waals surface area contributed by atoms with E-state index in [1.807, 2.05) is 24.3 Å². The lowest BCUT2D eigenvalue weighted by Gasteiger charge is -2.49. The first kappa shape index (κ1) is 9.93. The van der Waals surface area contributed by atoms with Crippen molar-refractivity contribution < 1.29 is 4.74 Å². The Balaban J connectivity index is 1.93. The number of nitrogens with one attached hydrogen (secondary N) is 1. The van der Waals surface area contributed by atoms with E-state index < -0.39 is 0 Å². The van der Waals surface area contributed by atoms with Crippen LogP contribution in [-0.4, -0.2) is 25.2 Å². The molecule has 4 nitrogen and oxygen atoms in total. The normalized spacial score (nSPS) is 22.7. The van der Waals surface area contributed by atoms with Crippen molar-refractivity contribution in [2.24, 2.45) is 0 Å². The number of para-hydroxylation sites is 2. The van der Waals surface area contributed by atoms with Crippen LogP contribution in [0, 0.1) is 5.21 Å². The van der Waals surface area contributed by atoms with Gasteiger partial charge in [0.05, 0.1) is 5.69 Å². The number of benzene rings is 1. The monoisotopic (exact) mass is 219 g/mol. The molecule has 1 fully saturated rings. The Kier molecular flexibility index (Phi) is 2.26. The fourth-order valence-corrected chi connectivity index (χ4v) is 2.50. The minimum atomic E-state index is -0.276. The maximum atomic E-state index is 12.0. The van der Waals surface area contributed by atoms with Gasteiger partial charge in [0.15, 0.2) is 0 Å². The topological polar surface area (TPSA) is 47.6 Å². The molecule has 1 spiro atoms. The van der Waals surface area contributed by atoms with Gasteiger partial charge in [-0.05, 0) is 25.2 Å². The van der Waals surface area contributed by atoms with E-state index in [4.69, 9.17) is 4.74 Å². The lowest BCUT2D eigenvalue weighted by molar-refractivity contribution is 0.0375. The molecule has 2 aliphatic heterocycles. The van der Waals surface area contributed by atoms with Gasteiger partial charge in [0, 0.05) is 19.4 Å². The van der Waals surface area contributed by atoms with Crippen LogP contribution in [0.15, 0.2) is 24.3 Å². The summed E-state index contributed by atoms with van der Waals surface area (Å²) in [6.45, 7) is 2.30. The molecule has 0 aromatic heterocycles. The van der Waals surface area contributed by atoms with Crippen molar-refractivity contribution in [1.29, 1.82) is 0 Å². The number of fused-ring (bicyclic) bond motifs is 1. The molecular formula is C12H15N2O2-. The maximum Gasteiger partial charge on any atom is 0.142 e. The maximum absolute atomic E-state index is 12.0. The molecule has 16 heavy (non-hydrogen) atoms. The van der Waals surface area contributed by atoms with Crippen LogP contribution >= 0.6 is 0 Å². The zero-order valence-electron chi connectivity index (χ0n) is 9.11. The number of anilines is 1. The van der Waals surface area contributed by atoms with Gasteiger partial charge in [-0.25, -0.2) is 0 Å². The van der Waals surface area contributed by atoms with Gasteiger partial charge in [-0.1, -0.05) is 12.1 Å². The van der Waals surface area contributed by atoms with Crippen LogP contribution in [0.4, 0.5) is 5.69 Å². The van der Waals surface area contributed by atoms with Gasteiger partial charge in [-0.2, -0.15) is 0 Å². The van der Waals surface area contributed by atoms with E-state index in [-0.39, 0.29) is 5.60 Å². The van der Waals surface area contributed by atoms with E-state index in [2.05, 4.69) is 5.32 Å². The Bertz CT molecular complexity index is 388. The summed E-state index contributed by atoms with van der Waals surface area (Å²) >= 11 is 0. The highest BCUT2D eigenvalue weighted by atomic mass is 16.5. The largest absolute Gasteiger partial charge is 0.758 e. The van der Waals surface area contributed by atoms with Gasteiger partial charge in [0.1, 0.15) is 11.4 Å². The van der Waals surface area contributed by atoms with Crippen LogP contribution in [0.5, 0.6) is 5.75 Å². The third-order valence-electron chi connectivity index (χ3n) is 3.41. The van der Waals surface area contributed by atoms with E-state index in [0.29, 0.717) is 12.2 Å².